The predicted octanol–water partition coefficient (Wildman–Crippen LogP) is 1.68. The second-order valence-corrected chi connectivity index (χ2v) is 7.00. The first-order chi connectivity index (χ1) is 12.3. The molecule has 7 nitrogen and oxygen atoms in total. The molecule has 2 saturated heterocycles. The van der Waals surface area contributed by atoms with Gasteiger partial charge >= 0.3 is 0 Å². The quantitative estimate of drug-likeness (QED) is 0.861. The SMILES string of the molecule is Cn1cc(C2OCCC2CNCc2cnc(N3CCCC3)nc2)cn1. The van der Waals surface area contributed by atoms with E-state index < -0.39 is 0 Å². The van der Waals surface area contributed by atoms with E-state index in [-0.39, 0.29) is 6.10 Å². The number of aromatic nitrogens is 4. The fraction of sp³-hybridized carbons (Fsp3) is 0.611. The van der Waals surface area contributed by atoms with Crippen molar-refractivity contribution >= 4 is 5.95 Å². The van der Waals surface area contributed by atoms with Crippen LogP contribution in [0, 0.1) is 5.92 Å². The molecule has 134 valence electrons. The minimum Gasteiger partial charge on any atom is -0.373 e. The van der Waals surface area contributed by atoms with Crippen LogP contribution in [0.25, 0.3) is 0 Å². The van der Waals surface area contributed by atoms with E-state index in [0.29, 0.717) is 5.92 Å². The average Bonchev–Trinajstić information content (AvgIpc) is 3.37. The third kappa shape index (κ3) is 3.82. The van der Waals surface area contributed by atoms with Gasteiger partial charge in [-0.15, -0.1) is 0 Å². The number of rotatable bonds is 6. The molecule has 0 saturated carbocycles. The average molecular weight is 342 g/mol. The van der Waals surface area contributed by atoms with Crippen LogP contribution in [-0.4, -0.2) is 46.0 Å². The van der Waals surface area contributed by atoms with Crippen LogP contribution in [0.3, 0.4) is 0 Å². The standard InChI is InChI=1S/C18H26N6O/c1-23-13-16(12-22-23)17-15(4-7-25-17)11-19-8-14-9-20-18(21-10-14)24-5-2-3-6-24/h9-10,12-13,15,17,19H,2-8,11H2,1H3. The molecule has 2 aliphatic rings. The molecule has 4 rings (SSSR count). The van der Waals surface area contributed by atoms with E-state index in [1.807, 2.05) is 36.5 Å². The zero-order valence-corrected chi connectivity index (χ0v) is 14.8. The van der Waals surface area contributed by atoms with Gasteiger partial charge in [0.1, 0.15) is 0 Å². The van der Waals surface area contributed by atoms with Crippen LogP contribution in [-0.2, 0) is 18.3 Å². The van der Waals surface area contributed by atoms with Crippen molar-refractivity contribution < 1.29 is 4.74 Å². The molecule has 2 aliphatic heterocycles. The van der Waals surface area contributed by atoms with E-state index in [4.69, 9.17) is 4.74 Å². The zero-order chi connectivity index (χ0) is 17.1. The van der Waals surface area contributed by atoms with Gasteiger partial charge in [-0.2, -0.15) is 5.10 Å². The molecule has 0 radical (unpaired) electrons. The highest BCUT2D eigenvalue weighted by molar-refractivity contribution is 5.30. The smallest absolute Gasteiger partial charge is 0.225 e. The third-order valence-electron chi connectivity index (χ3n) is 5.08. The molecular formula is C18H26N6O. The molecular weight excluding hydrogens is 316 g/mol. The number of anilines is 1. The van der Waals surface area contributed by atoms with Gasteiger partial charge in [0, 0.05) is 75.5 Å². The molecule has 0 bridgehead atoms. The Morgan fingerprint density at radius 1 is 1.20 bits per heavy atom. The van der Waals surface area contributed by atoms with E-state index >= 15 is 0 Å². The molecule has 4 heterocycles. The summed E-state index contributed by atoms with van der Waals surface area (Å²) in [5.74, 6) is 1.34. The topological polar surface area (TPSA) is 68.1 Å². The van der Waals surface area contributed by atoms with Crippen molar-refractivity contribution in [2.45, 2.75) is 31.9 Å². The van der Waals surface area contributed by atoms with Crippen molar-refractivity contribution in [3.63, 3.8) is 0 Å². The van der Waals surface area contributed by atoms with Crippen LogP contribution in [0.1, 0.15) is 36.5 Å². The van der Waals surface area contributed by atoms with Crippen LogP contribution < -0.4 is 10.2 Å². The molecule has 0 spiro atoms. The highest BCUT2D eigenvalue weighted by atomic mass is 16.5. The molecule has 0 aliphatic carbocycles. The maximum absolute atomic E-state index is 5.92. The molecule has 25 heavy (non-hydrogen) atoms. The Bertz CT molecular complexity index is 679. The number of nitrogens with one attached hydrogen (secondary N) is 1. The molecule has 2 aromatic rings. The summed E-state index contributed by atoms with van der Waals surface area (Å²) in [6.45, 7) is 4.69. The highest BCUT2D eigenvalue weighted by Gasteiger charge is 2.30. The maximum atomic E-state index is 5.92. The third-order valence-corrected chi connectivity index (χ3v) is 5.08. The van der Waals surface area contributed by atoms with Crippen molar-refractivity contribution in [2.24, 2.45) is 13.0 Å². The summed E-state index contributed by atoms with van der Waals surface area (Å²) in [5.41, 5.74) is 2.30. The Balaban J connectivity index is 1.28. The molecule has 0 aromatic carbocycles. The summed E-state index contributed by atoms with van der Waals surface area (Å²) in [5, 5.41) is 7.80. The van der Waals surface area contributed by atoms with Gasteiger partial charge < -0.3 is 15.0 Å². The fourth-order valence-corrected chi connectivity index (χ4v) is 3.72. The molecule has 0 amide bonds. The molecule has 2 unspecified atom stereocenters. The van der Waals surface area contributed by atoms with Crippen LogP contribution in [0.5, 0.6) is 0 Å². The van der Waals surface area contributed by atoms with Gasteiger partial charge in [0.25, 0.3) is 0 Å². The molecule has 2 fully saturated rings. The van der Waals surface area contributed by atoms with Gasteiger partial charge in [-0.25, -0.2) is 9.97 Å². The first-order valence-electron chi connectivity index (χ1n) is 9.16. The Morgan fingerprint density at radius 2 is 2.00 bits per heavy atom. The number of nitrogens with zero attached hydrogens (tertiary/aromatic N) is 5. The second-order valence-electron chi connectivity index (χ2n) is 7.00. The van der Waals surface area contributed by atoms with Crippen LogP contribution in [0.4, 0.5) is 5.95 Å². The number of hydrogen-bond donors (Lipinski definition) is 1. The summed E-state index contributed by atoms with van der Waals surface area (Å²) in [7, 11) is 1.94. The Morgan fingerprint density at radius 3 is 2.72 bits per heavy atom. The van der Waals surface area contributed by atoms with E-state index in [1.54, 1.807) is 0 Å². The van der Waals surface area contributed by atoms with Gasteiger partial charge in [-0.1, -0.05) is 0 Å². The van der Waals surface area contributed by atoms with Crippen LogP contribution in [0.2, 0.25) is 0 Å². The van der Waals surface area contributed by atoms with Gasteiger partial charge in [-0.3, -0.25) is 4.68 Å². The minimum absolute atomic E-state index is 0.148. The van der Waals surface area contributed by atoms with Gasteiger partial charge in [0.15, 0.2) is 0 Å². The van der Waals surface area contributed by atoms with Gasteiger partial charge in [0.2, 0.25) is 5.95 Å². The zero-order valence-electron chi connectivity index (χ0n) is 14.8. The molecule has 1 N–H and O–H groups in total. The van der Waals surface area contributed by atoms with Gasteiger partial charge in [-0.05, 0) is 19.3 Å². The lowest BCUT2D eigenvalue weighted by Crippen LogP contribution is -2.25. The Labute approximate surface area is 148 Å². The van der Waals surface area contributed by atoms with E-state index in [2.05, 4.69) is 25.3 Å². The fourth-order valence-electron chi connectivity index (χ4n) is 3.72. The lowest BCUT2D eigenvalue weighted by atomic mass is 9.97. The van der Waals surface area contributed by atoms with Crippen LogP contribution >= 0.6 is 0 Å². The summed E-state index contributed by atoms with van der Waals surface area (Å²) < 4.78 is 7.75. The monoisotopic (exact) mass is 342 g/mol. The number of aryl methyl sites for hydroxylation is 1. The second kappa shape index (κ2) is 7.49. The van der Waals surface area contributed by atoms with E-state index in [1.165, 1.54) is 18.4 Å². The number of ether oxygens (including phenoxy) is 1. The highest BCUT2D eigenvalue weighted by Crippen LogP contribution is 2.33. The summed E-state index contributed by atoms with van der Waals surface area (Å²) in [6.07, 6.45) is 11.6. The largest absolute Gasteiger partial charge is 0.373 e. The van der Waals surface area contributed by atoms with E-state index in [9.17, 15) is 0 Å². The molecule has 7 heteroatoms. The summed E-state index contributed by atoms with van der Waals surface area (Å²) in [6, 6.07) is 0. The van der Waals surface area contributed by atoms with Gasteiger partial charge in [0.05, 0.1) is 12.3 Å². The first-order valence-corrected chi connectivity index (χ1v) is 9.16. The van der Waals surface area contributed by atoms with Crippen molar-refractivity contribution in [2.75, 3.05) is 31.1 Å². The summed E-state index contributed by atoms with van der Waals surface area (Å²) >= 11 is 0. The Kier molecular flexibility index (Phi) is 4.94. The van der Waals surface area contributed by atoms with Crippen molar-refractivity contribution in [1.29, 1.82) is 0 Å². The Hall–Kier alpha value is -1.99. The van der Waals surface area contributed by atoms with Crippen molar-refractivity contribution in [1.82, 2.24) is 25.1 Å². The first kappa shape index (κ1) is 16.5. The molecule has 2 atom stereocenters. The summed E-state index contributed by atoms with van der Waals surface area (Å²) in [4.78, 5) is 11.3. The van der Waals surface area contributed by atoms with Crippen molar-refractivity contribution in [3.05, 3.63) is 35.9 Å². The lowest BCUT2D eigenvalue weighted by molar-refractivity contribution is 0.0904. The van der Waals surface area contributed by atoms with E-state index in [0.717, 1.165) is 50.7 Å². The molecule has 2 aromatic heterocycles. The number of hydrogen-bond acceptors (Lipinski definition) is 6. The van der Waals surface area contributed by atoms with Crippen molar-refractivity contribution in [3.8, 4) is 0 Å². The van der Waals surface area contributed by atoms with Crippen LogP contribution in [0.15, 0.2) is 24.8 Å². The lowest BCUT2D eigenvalue weighted by Gasteiger charge is -2.18. The minimum atomic E-state index is 0.148. The predicted molar refractivity (Wildman–Crippen MR) is 95.2 cm³/mol. The normalized spacial score (nSPS) is 23.5. The maximum Gasteiger partial charge on any atom is 0.225 e.